The molecule has 0 spiro atoms. The fraction of sp³-hybridized carbons (Fsp3) is 0.833. The van der Waals surface area contributed by atoms with Crippen LogP contribution in [0.25, 0.3) is 0 Å². The smallest absolute Gasteiger partial charge is 0.131 e. The summed E-state index contributed by atoms with van der Waals surface area (Å²) in [5.41, 5.74) is 0.140. The van der Waals surface area contributed by atoms with Crippen molar-refractivity contribution in [1.82, 2.24) is 15.5 Å². The lowest BCUT2D eigenvalue weighted by molar-refractivity contribution is 0.423. The zero-order chi connectivity index (χ0) is 12.2. The first-order valence-corrected chi connectivity index (χ1v) is 6.81. The van der Waals surface area contributed by atoms with Crippen LogP contribution >= 0.6 is 11.3 Å². The molecule has 0 aliphatic carbocycles. The minimum absolute atomic E-state index is 0.140. The van der Waals surface area contributed by atoms with E-state index >= 15 is 0 Å². The molecule has 1 N–H and O–H groups in total. The third-order valence-corrected chi connectivity index (χ3v) is 3.55. The number of hydrogen-bond donors (Lipinski definition) is 1. The van der Waals surface area contributed by atoms with Crippen molar-refractivity contribution in [3.8, 4) is 0 Å². The molecular formula is C12H23N3S. The summed E-state index contributed by atoms with van der Waals surface area (Å²) >= 11 is 1.74. The molecule has 1 aromatic rings. The van der Waals surface area contributed by atoms with Gasteiger partial charge in [0.2, 0.25) is 0 Å². The molecule has 0 fully saturated rings. The van der Waals surface area contributed by atoms with Gasteiger partial charge in [-0.3, -0.25) is 0 Å². The van der Waals surface area contributed by atoms with E-state index < -0.39 is 0 Å². The Labute approximate surface area is 103 Å². The highest BCUT2D eigenvalue weighted by Crippen LogP contribution is 2.23. The maximum absolute atomic E-state index is 4.26. The number of aromatic nitrogens is 2. The van der Waals surface area contributed by atoms with Gasteiger partial charge in [-0.25, -0.2) is 0 Å². The Morgan fingerprint density at radius 2 is 2.00 bits per heavy atom. The van der Waals surface area contributed by atoms with Crippen molar-refractivity contribution in [3.63, 3.8) is 0 Å². The van der Waals surface area contributed by atoms with E-state index in [0.717, 1.165) is 11.6 Å². The van der Waals surface area contributed by atoms with Crippen LogP contribution in [-0.2, 0) is 6.54 Å². The number of rotatable bonds is 5. The van der Waals surface area contributed by atoms with Crippen molar-refractivity contribution in [1.29, 1.82) is 0 Å². The molecule has 1 atom stereocenters. The first-order valence-electron chi connectivity index (χ1n) is 5.99. The molecule has 4 heteroatoms. The minimum Gasteiger partial charge on any atom is -0.306 e. The van der Waals surface area contributed by atoms with Gasteiger partial charge in [-0.05, 0) is 27.2 Å². The summed E-state index contributed by atoms with van der Waals surface area (Å²) in [6.45, 7) is 11.7. The van der Waals surface area contributed by atoms with Crippen LogP contribution < -0.4 is 5.32 Å². The second kappa shape index (κ2) is 5.73. The van der Waals surface area contributed by atoms with E-state index in [1.165, 1.54) is 17.8 Å². The molecular weight excluding hydrogens is 218 g/mol. The monoisotopic (exact) mass is 241 g/mol. The zero-order valence-corrected chi connectivity index (χ0v) is 11.8. The van der Waals surface area contributed by atoms with Crippen LogP contribution in [0.3, 0.4) is 0 Å². The summed E-state index contributed by atoms with van der Waals surface area (Å²) < 4.78 is 0. The highest BCUT2D eigenvalue weighted by atomic mass is 32.1. The van der Waals surface area contributed by atoms with Gasteiger partial charge in [-0.1, -0.05) is 31.6 Å². The van der Waals surface area contributed by atoms with Crippen molar-refractivity contribution in [3.05, 3.63) is 10.0 Å². The van der Waals surface area contributed by atoms with Crippen molar-refractivity contribution in [2.45, 2.75) is 65.5 Å². The van der Waals surface area contributed by atoms with Crippen LogP contribution in [-0.4, -0.2) is 15.7 Å². The predicted octanol–water partition coefficient (Wildman–Crippen LogP) is 3.33. The second-order valence-corrected chi connectivity index (χ2v) is 6.42. The lowest BCUT2D eigenvalue weighted by atomic mass is 10.1. The van der Waals surface area contributed by atoms with Gasteiger partial charge in [0, 0.05) is 11.5 Å². The van der Waals surface area contributed by atoms with Gasteiger partial charge < -0.3 is 5.32 Å². The SMILES string of the molecule is CCCC(C)c1nnc(CNC(C)(C)C)s1. The van der Waals surface area contributed by atoms with E-state index in [1.807, 2.05) is 0 Å². The molecule has 0 saturated carbocycles. The molecule has 0 bridgehead atoms. The van der Waals surface area contributed by atoms with Crippen LogP contribution in [0, 0.1) is 0 Å². The average molecular weight is 241 g/mol. The average Bonchev–Trinajstić information content (AvgIpc) is 2.62. The van der Waals surface area contributed by atoms with Crippen LogP contribution in [0.15, 0.2) is 0 Å². The second-order valence-electron chi connectivity index (χ2n) is 5.33. The van der Waals surface area contributed by atoms with Crippen molar-refractivity contribution in [2.24, 2.45) is 0 Å². The molecule has 1 heterocycles. The Kier molecular flexibility index (Phi) is 4.87. The minimum atomic E-state index is 0.140. The zero-order valence-electron chi connectivity index (χ0n) is 11.0. The van der Waals surface area contributed by atoms with Crippen molar-refractivity contribution >= 4 is 11.3 Å². The summed E-state index contributed by atoms with van der Waals surface area (Å²) in [5, 5.41) is 14.2. The van der Waals surface area contributed by atoms with E-state index in [4.69, 9.17) is 0 Å². The Balaban J connectivity index is 2.51. The fourth-order valence-electron chi connectivity index (χ4n) is 1.43. The Morgan fingerprint density at radius 1 is 1.31 bits per heavy atom. The summed E-state index contributed by atoms with van der Waals surface area (Å²) in [6, 6.07) is 0. The number of nitrogens with one attached hydrogen (secondary N) is 1. The van der Waals surface area contributed by atoms with Gasteiger partial charge >= 0.3 is 0 Å². The summed E-state index contributed by atoms with van der Waals surface area (Å²) in [5.74, 6) is 0.547. The first-order chi connectivity index (χ1) is 7.42. The van der Waals surface area contributed by atoms with Gasteiger partial charge in [0.25, 0.3) is 0 Å². The molecule has 16 heavy (non-hydrogen) atoms. The van der Waals surface area contributed by atoms with E-state index in [-0.39, 0.29) is 5.54 Å². The Hall–Kier alpha value is -0.480. The number of hydrogen-bond acceptors (Lipinski definition) is 4. The van der Waals surface area contributed by atoms with Gasteiger partial charge in [0.1, 0.15) is 10.0 Å². The maximum Gasteiger partial charge on any atom is 0.131 e. The fourth-order valence-corrected chi connectivity index (χ4v) is 2.30. The third-order valence-electron chi connectivity index (χ3n) is 2.40. The normalized spacial score (nSPS) is 14.1. The van der Waals surface area contributed by atoms with Gasteiger partial charge in [0.05, 0.1) is 6.54 Å². The lowest BCUT2D eigenvalue weighted by Gasteiger charge is -2.19. The molecule has 3 nitrogen and oxygen atoms in total. The standard InChI is InChI=1S/C12H23N3S/c1-6-7-9(2)11-15-14-10(16-11)8-13-12(3,4)5/h9,13H,6-8H2,1-5H3. The molecule has 0 radical (unpaired) electrons. The third kappa shape index (κ3) is 4.58. The molecule has 0 aliphatic rings. The van der Waals surface area contributed by atoms with Gasteiger partial charge in [0.15, 0.2) is 0 Å². The van der Waals surface area contributed by atoms with Crippen molar-refractivity contribution in [2.75, 3.05) is 0 Å². The Morgan fingerprint density at radius 3 is 2.56 bits per heavy atom. The maximum atomic E-state index is 4.26. The van der Waals surface area contributed by atoms with E-state index in [1.54, 1.807) is 11.3 Å². The number of nitrogens with zero attached hydrogens (tertiary/aromatic N) is 2. The predicted molar refractivity (Wildman–Crippen MR) is 69.8 cm³/mol. The van der Waals surface area contributed by atoms with Crippen LogP contribution in [0.2, 0.25) is 0 Å². The molecule has 92 valence electrons. The van der Waals surface area contributed by atoms with E-state index in [2.05, 4.69) is 50.1 Å². The van der Waals surface area contributed by atoms with Crippen molar-refractivity contribution < 1.29 is 0 Å². The topological polar surface area (TPSA) is 37.8 Å². The molecule has 1 unspecified atom stereocenters. The summed E-state index contributed by atoms with van der Waals surface area (Å²) in [7, 11) is 0. The lowest BCUT2D eigenvalue weighted by Crippen LogP contribution is -2.35. The summed E-state index contributed by atoms with van der Waals surface area (Å²) in [6.07, 6.45) is 2.40. The highest BCUT2D eigenvalue weighted by Gasteiger charge is 2.13. The summed E-state index contributed by atoms with van der Waals surface area (Å²) in [4.78, 5) is 0. The molecule has 1 aromatic heterocycles. The van der Waals surface area contributed by atoms with E-state index in [0.29, 0.717) is 5.92 Å². The highest BCUT2D eigenvalue weighted by molar-refractivity contribution is 7.11. The first kappa shape index (κ1) is 13.6. The van der Waals surface area contributed by atoms with Gasteiger partial charge in [-0.15, -0.1) is 10.2 Å². The van der Waals surface area contributed by atoms with Crippen LogP contribution in [0.5, 0.6) is 0 Å². The molecule has 0 saturated heterocycles. The van der Waals surface area contributed by atoms with Crippen LogP contribution in [0.1, 0.15) is 63.4 Å². The quantitative estimate of drug-likeness (QED) is 0.859. The van der Waals surface area contributed by atoms with E-state index in [9.17, 15) is 0 Å². The molecule has 0 aliphatic heterocycles. The Bertz CT molecular complexity index is 314. The molecule has 1 rings (SSSR count). The molecule has 0 amide bonds. The largest absolute Gasteiger partial charge is 0.306 e. The molecule has 0 aromatic carbocycles. The van der Waals surface area contributed by atoms with Crippen LogP contribution in [0.4, 0.5) is 0 Å². The van der Waals surface area contributed by atoms with Gasteiger partial charge in [-0.2, -0.15) is 0 Å².